The molecule has 1 fully saturated rings. The van der Waals surface area contributed by atoms with Gasteiger partial charge in [-0.05, 0) is 74.2 Å². The number of benzene rings is 2. The van der Waals surface area contributed by atoms with Crippen LogP contribution in [0.1, 0.15) is 28.7 Å². The van der Waals surface area contributed by atoms with Crippen LogP contribution in [0.4, 0.5) is 11.4 Å². The first kappa shape index (κ1) is 22.0. The summed E-state index contributed by atoms with van der Waals surface area (Å²) in [5.74, 6) is -1.65. The lowest BCUT2D eigenvalue weighted by Gasteiger charge is -2.18. The van der Waals surface area contributed by atoms with Crippen molar-refractivity contribution in [1.29, 1.82) is 0 Å². The molecule has 0 bridgehead atoms. The zero-order chi connectivity index (χ0) is 22.0. The fraction of sp³-hybridized carbons (Fsp3) is 0.348. The van der Waals surface area contributed by atoms with Crippen LogP contribution >= 0.6 is 15.9 Å². The highest BCUT2D eigenvalue weighted by Crippen LogP contribution is 2.28. The maximum Gasteiger partial charge on any atom is 0.311 e. The highest BCUT2D eigenvalue weighted by atomic mass is 79.9. The number of halogens is 1. The van der Waals surface area contributed by atoms with Crippen molar-refractivity contribution in [2.75, 3.05) is 23.4 Å². The Morgan fingerprint density at radius 1 is 1.07 bits per heavy atom. The van der Waals surface area contributed by atoms with E-state index in [9.17, 15) is 14.4 Å². The van der Waals surface area contributed by atoms with Crippen molar-refractivity contribution < 1.29 is 19.1 Å². The van der Waals surface area contributed by atoms with Gasteiger partial charge in [-0.1, -0.05) is 22.0 Å². The molecule has 30 heavy (non-hydrogen) atoms. The van der Waals surface area contributed by atoms with E-state index < -0.39 is 17.8 Å². The topological polar surface area (TPSA) is 75.7 Å². The van der Waals surface area contributed by atoms with Crippen LogP contribution in [0.25, 0.3) is 0 Å². The van der Waals surface area contributed by atoms with Gasteiger partial charge in [-0.15, -0.1) is 0 Å². The molecule has 1 N–H and O–H groups in total. The molecule has 1 saturated heterocycles. The first-order valence-electron chi connectivity index (χ1n) is 9.76. The van der Waals surface area contributed by atoms with E-state index in [0.717, 1.165) is 32.4 Å². The maximum absolute atomic E-state index is 12.4. The molecule has 2 amide bonds. The first-order chi connectivity index (χ1) is 14.1. The van der Waals surface area contributed by atoms with E-state index in [0.29, 0.717) is 5.69 Å². The van der Waals surface area contributed by atoms with Crippen LogP contribution in [-0.4, -0.2) is 30.9 Å². The first-order valence-corrected chi connectivity index (χ1v) is 10.5. The Kier molecular flexibility index (Phi) is 6.61. The summed E-state index contributed by atoms with van der Waals surface area (Å²) < 4.78 is 6.16. The summed E-state index contributed by atoms with van der Waals surface area (Å²) in [6.07, 6.45) is 0.0818. The lowest BCUT2D eigenvalue weighted by molar-refractivity contribution is -0.151. The van der Waals surface area contributed by atoms with Crippen molar-refractivity contribution in [3.8, 4) is 0 Å². The minimum absolute atomic E-state index is 0.0818. The van der Waals surface area contributed by atoms with E-state index in [-0.39, 0.29) is 25.5 Å². The van der Waals surface area contributed by atoms with Crippen molar-refractivity contribution in [2.45, 2.75) is 34.1 Å². The quantitative estimate of drug-likeness (QED) is 0.660. The minimum atomic E-state index is -0.581. The summed E-state index contributed by atoms with van der Waals surface area (Å²) in [5.41, 5.74) is 5.46. The van der Waals surface area contributed by atoms with E-state index in [2.05, 4.69) is 21.2 Å². The highest BCUT2D eigenvalue weighted by Gasteiger charge is 2.36. The highest BCUT2D eigenvalue weighted by molar-refractivity contribution is 9.10. The van der Waals surface area contributed by atoms with Gasteiger partial charge in [0, 0.05) is 28.8 Å². The number of anilines is 2. The van der Waals surface area contributed by atoms with Crippen LogP contribution in [0.15, 0.2) is 34.8 Å². The number of hydrogen-bond donors (Lipinski definition) is 1. The Bertz CT molecular complexity index is 998. The zero-order valence-electron chi connectivity index (χ0n) is 17.5. The number of amides is 2. The molecule has 0 radical (unpaired) electrons. The molecule has 1 heterocycles. The van der Waals surface area contributed by atoms with E-state index in [1.54, 1.807) is 4.90 Å². The Morgan fingerprint density at radius 2 is 1.73 bits per heavy atom. The molecule has 0 aromatic heterocycles. The molecule has 158 valence electrons. The summed E-state index contributed by atoms with van der Waals surface area (Å²) >= 11 is 3.45. The number of esters is 1. The lowest BCUT2D eigenvalue weighted by atomic mass is 10.1. The third kappa shape index (κ3) is 5.08. The summed E-state index contributed by atoms with van der Waals surface area (Å²) in [5, 5.41) is 2.77. The Labute approximate surface area is 184 Å². The van der Waals surface area contributed by atoms with Crippen LogP contribution in [0.5, 0.6) is 0 Å². The number of carbonyl (C=O) groups excluding carboxylic acids is 3. The predicted octanol–water partition coefficient (Wildman–Crippen LogP) is 4.22. The molecule has 0 unspecified atom stereocenters. The van der Waals surface area contributed by atoms with Crippen molar-refractivity contribution in [3.05, 3.63) is 57.1 Å². The Balaban J connectivity index is 1.57. The molecule has 6 nitrogen and oxygen atoms in total. The van der Waals surface area contributed by atoms with Crippen LogP contribution in [0.2, 0.25) is 0 Å². The maximum atomic E-state index is 12.4. The van der Waals surface area contributed by atoms with Gasteiger partial charge in [0.25, 0.3) is 5.91 Å². The molecule has 2 aromatic rings. The molecule has 7 heteroatoms. The van der Waals surface area contributed by atoms with E-state index >= 15 is 0 Å². The van der Waals surface area contributed by atoms with Gasteiger partial charge in [-0.2, -0.15) is 0 Å². The van der Waals surface area contributed by atoms with E-state index in [4.69, 9.17) is 4.74 Å². The average Bonchev–Trinajstić information content (AvgIpc) is 3.05. The van der Waals surface area contributed by atoms with Gasteiger partial charge >= 0.3 is 5.97 Å². The van der Waals surface area contributed by atoms with Gasteiger partial charge in [0.05, 0.1) is 5.92 Å². The largest absolute Gasteiger partial charge is 0.455 e. The molecular weight excluding hydrogens is 448 g/mol. The molecule has 1 aliphatic rings. The molecule has 3 rings (SSSR count). The molecule has 0 saturated carbocycles. The van der Waals surface area contributed by atoms with Crippen molar-refractivity contribution in [3.63, 3.8) is 0 Å². The Hall–Kier alpha value is -2.67. The number of rotatable bonds is 5. The predicted molar refractivity (Wildman–Crippen MR) is 120 cm³/mol. The van der Waals surface area contributed by atoms with Crippen LogP contribution < -0.4 is 10.2 Å². The van der Waals surface area contributed by atoms with E-state index in [1.807, 2.05) is 58.0 Å². The van der Waals surface area contributed by atoms with Crippen molar-refractivity contribution >= 4 is 45.1 Å². The average molecular weight is 473 g/mol. The van der Waals surface area contributed by atoms with Crippen LogP contribution in [0.3, 0.4) is 0 Å². The number of ether oxygens (including phenoxy) is 1. The van der Waals surface area contributed by atoms with Crippen molar-refractivity contribution in [2.24, 2.45) is 5.92 Å². The molecule has 1 aliphatic heterocycles. The van der Waals surface area contributed by atoms with Crippen LogP contribution in [0, 0.1) is 33.6 Å². The number of nitrogens with one attached hydrogen (secondary N) is 1. The second-order valence-corrected chi connectivity index (χ2v) is 8.68. The monoisotopic (exact) mass is 472 g/mol. The summed E-state index contributed by atoms with van der Waals surface area (Å²) in [6, 6.07) is 9.66. The van der Waals surface area contributed by atoms with Gasteiger partial charge in [-0.3, -0.25) is 14.4 Å². The summed E-state index contributed by atoms with van der Waals surface area (Å²) in [4.78, 5) is 38.7. The third-order valence-electron chi connectivity index (χ3n) is 5.10. The van der Waals surface area contributed by atoms with Gasteiger partial charge in [0.1, 0.15) is 0 Å². The van der Waals surface area contributed by atoms with Gasteiger partial charge in [0.15, 0.2) is 6.61 Å². The molecule has 2 aromatic carbocycles. The third-order valence-corrected chi connectivity index (χ3v) is 5.96. The smallest absolute Gasteiger partial charge is 0.311 e. The summed E-state index contributed by atoms with van der Waals surface area (Å²) in [7, 11) is 0. The van der Waals surface area contributed by atoms with Gasteiger partial charge in [-0.25, -0.2) is 0 Å². The second-order valence-electron chi connectivity index (χ2n) is 7.82. The SMILES string of the molecule is Cc1cc(C)cc(N2C[C@@H](C(=O)OCC(=O)Nc3cc(C)c(Br)cc3C)CC2=O)c1. The number of aryl methyl sites for hydroxylation is 4. The fourth-order valence-corrected chi connectivity index (χ4v) is 4.04. The summed E-state index contributed by atoms with van der Waals surface area (Å²) in [6.45, 7) is 7.62. The zero-order valence-corrected chi connectivity index (χ0v) is 19.1. The fourth-order valence-electron chi connectivity index (χ4n) is 3.58. The van der Waals surface area contributed by atoms with Crippen LogP contribution in [-0.2, 0) is 19.1 Å². The molecule has 0 spiro atoms. The van der Waals surface area contributed by atoms with Crippen molar-refractivity contribution in [1.82, 2.24) is 0 Å². The number of nitrogens with zero attached hydrogens (tertiary/aromatic N) is 1. The molecule has 1 atom stereocenters. The standard InChI is InChI=1S/C23H25BrN2O4/c1-13-5-14(2)7-18(6-13)26-11-17(10-22(26)28)23(29)30-12-21(27)25-20-9-15(3)19(24)8-16(20)4/h5-9,17H,10-12H2,1-4H3,(H,25,27)/t17-/m0/s1. The number of hydrogen-bond acceptors (Lipinski definition) is 4. The number of carbonyl (C=O) groups is 3. The van der Waals surface area contributed by atoms with Gasteiger partial charge in [0.2, 0.25) is 5.91 Å². The molecule has 0 aliphatic carbocycles. The van der Waals surface area contributed by atoms with Gasteiger partial charge < -0.3 is 15.0 Å². The molecular formula is C23H25BrN2O4. The minimum Gasteiger partial charge on any atom is -0.455 e. The van der Waals surface area contributed by atoms with E-state index in [1.165, 1.54) is 0 Å². The Morgan fingerprint density at radius 3 is 2.40 bits per heavy atom. The normalized spacial score (nSPS) is 16.0. The second kappa shape index (κ2) is 9.00. The lowest BCUT2D eigenvalue weighted by Crippen LogP contribution is -2.28.